The van der Waals surface area contributed by atoms with E-state index in [9.17, 15) is 8.42 Å². The largest absolute Gasteiger partial charge is 0.265 e. The molecule has 0 spiro atoms. The highest BCUT2D eigenvalue weighted by Gasteiger charge is 2.17. The van der Waals surface area contributed by atoms with Crippen LogP contribution in [0.25, 0.3) is 0 Å². The average molecular weight is 355 g/mol. The van der Waals surface area contributed by atoms with Gasteiger partial charge in [0.2, 0.25) is 10.0 Å². The lowest BCUT2D eigenvalue weighted by Gasteiger charge is -2.20. The average Bonchev–Trinajstić information content (AvgIpc) is 2.40. The first-order chi connectivity index (χ1) is 9.45. The van der Waals surface area contributed by atoms with Crippen LogP contribution in [0.3, 0.4) is 0 Å². The van der Waals surface area contributed by atoms with Gasteiger partial charge in [-0.25, -0.2) is 8.42 Å². The third-order valence-electron chi connectivity index (χ3n) is 2.85. The predicted molar refractivity (Wildman–Crippen MR) is 82.5 cm³/mol. The van der Waals surface area contributed by atoms with Gasteiger partial charge in [-0.15, -0.1) is 0 Å². The summed E-state index contributed by atoms with van der Waals surface area (Å²) in [6, 6.07) is 11.3. The summed E-state index contributed by atoms with van der Waals surface area (Å²) in [5.74, 6) is 0. The molecule has 0 fully saturated rings. The van der Waals surface area contributed by atoms with Crippen LogP contribution in [0.1, 0.15) is 11.1 Å². The molecule has 0 aliphatic carbocycles. The van der Waals surface area contributed by atoms with Crippen molar-refractivity contribution in [1.29, 1.82) is 0 Å². The first-order valence-electron chi connectivity index (χ1n) is 6.03. The summed E-state index contributed by atoms with van der Waals surface area (Å²) in [4.78, 5) is 3.94. The fraction of sp³-hybridized carbons (Fsp3) is 0.214. The van der Waals surface area contributed by atoms with Gasteiger partial charge in [0.25, 0.3) is 0 Å². The zero-order chi connectivity index (χ0) is 14.6. The van der Waals surface area contributed by atoms with Crippen molar-refractivity contribution in [2.75, 3.05) is 6.26 Å². The molecule has 1 aromatic heterocycles. The number of pyridine rings is 1. The van der Waals surface area contributed by atoms with Crippen molar-refractivity contribution in [1.82, 2.24) is 9.29 Å². The van der Waals surface area contributed by atoms with Crippen molar-refractivity contribution in [2.45, 2.75) is 13.1 Å². The standard InChI is InChI=1S/C14H15BrN2O2S/c1-20(18,19)17(11-13-6-8-16-9-7-13)10-12-2-4-14(15)5-3-12/h2-9H,10-11H2,1H3. The van der Waals surface area contributed by atoms with Crippen LogP contribution in [0.15, 0.2) is 53.3 Å². The van der Waals surface area contributed by atoms with Crippen LogP contribution in [0, 0.1) is 0 Å². The molecular weight excluding hydrogens is 340 g/mol. The van der Waals surface area contributed by atoms with Crippen LogP contribution in [-0.2, 0) is 23.1 Å². The van der Waals surface area contributed by atoms with Gasteiger partial charge >= 0.3 is 0 Å². The Morgan fingerprint density at radius 1 is 1.00 bits per heavy atom. The second kappa shape index (κ2) is 6.47. The molecule has 0 radical (unpaired) electrons. The highest BCUT2D eigenvalue weighted by atomic mass is 79.9. The predicted octanol–water partition coefficient (Wildman–Crippen LogP) is 2.81. The Morgan fingerprint density at radius 2 is 1.50 bits per heavy atom. The summed E-state index contributed by atoms with van der Waals surface area (Å²) in [6.45, 7) is 0.700. The monoisotopic (exact) mass is 354 g/mol. The molecule has 0 amide bonds. The minimum atomic E-state index is -3.27. The highest BCUT2D eigenvalue weighted by molar-refractivity contribution is 9.10. The van der Waals surface area contributed by atoms with Gasteiger partial charge < -0.3 is 0 Å². The number of benzene rings is 1. The van der Waals surface area contributed by atoms with Gasteiger partial charge in [-0.3, -0.25) is 4.98 Å². The number of hydrogen-bond donors (Lipinski definition) is 0. The van der Waals surface area contributed by atoms with Gasteiger partial charge in [0.1, 0.15) is 0 Å². The van der Waals surface area contributed by atoms with Gasteiger partial charge in [-0.05, 0) is 35.4 Å². The lowest BCUT2D eigenvalue weighted by atomic mass is 10.2. The van der Waals surface area contributed by atoms with E-state index < -0.39 is 10.0 Å². The van der Waals surface area contributed by atoms with E-state index in [0.717, 1.165) is 15.6 Å². The molecule has 1 aromatic carbocycles. The smallest absolute Gasteiger partial charge is 0.211 e. The number of rotatable bonds is 5. The zero-order valence-corrected chi connectivity index (χ0v) is 13.4. The number of nitrogens with zero attached hydrogens (tertiary/aromatic N) is 2. The summed E-state index contributed by atoms with van der Waals surface area (Å²) < 4.78 is 26.2. The molecule has 1 heterocycles. The number of hydrogen-bond acceptors (Lipinski definition) is 3. The van der Waals surface area contributed by atoms with Gasteiger partial charge in [0.15, 0.2) is 0 Å². The maximum absolute atomic E-state index is 11.9. The third kappa shape index (κ3) is 4.40. The molecule has 2 rings (SSSR count). The van der Waals surface area contributed by atoms with E-state index in [2.05, 4.69) is 20.9 Å². The minimum Gasteiger partial charge on any atom is -0.265 e. The Morgan fingerprint density at radius 3 is 2.00 bits per heavy atom. The number of halogens is 1. The highest BCUT2D eigenvalue weighted by Crippen LogP contribution is 2.15. The maximum atomic E-state index is 11.9. The number of aromatic nitrogens is 1. The van der Waals surface area contributed by atoms with Crippen LogP contribution in [0.5, 0.6) is 0 Å². The molecule has 4 nitrogen and oxygen atoms in total. The normalized spacial score (nSPS) is 11.8. The fourth-order valence-corrected chi connectivity index (χ4v) is 2.81. The molecule has 0 saturated heterocycles. The Bertz CT molecular complexity index is 657. The van der Waals surface area contributed by atoms with Crippen molar-refractivity contribution >= 4 is 26.0 Å². The maximum Gasteiger partial charge on any atom is 0.211 e. The van der Waals surface area contributed by atoms with E-state index in [1.165, 1.54) is 10.6 Å². The lowest BCUT2D eigenvalue weighted by Crippen LogP contribution is -2.29. The van der Waals surface area contributed by atoms with Crippen LogP contribution in [0.2, 0.25) is 0 Å². The first kappa shape index (κ1) is 15.2. The van der Waals surface area contributed by atoms with E-state index in [0.29, 0.717) is 13.1 Å². The topological polar surface area (TPSA) is 50.3 Å². The third-order valence-corrected chi connectivity index (χ3v) is 4.57. The summed E-state index contributed by atoms with van der Waals surface area (Å²) >= 11 is 3.37. The Labute approximate surface area is 127 Å². The van der Waals surface area contributed by atoms with Crippen molar-refractivity contribution < 1.29 is 8.42 Å². The zero-order valence-electron chi connectivity index (χ0n) is 11.0. The van der Waals surface area contributed by atoms with E-state index in [1.807, 2.05) is 36.4 Å². The summed E-state index contributed by atoms with van der Waals surface area (Å²) in [6.07, 6.45) is 4.55. The van der Waals surface area contributed by atoms with E-state index in [1.54, 1.807) is 12.4 Å². The van der Waals surface area contributed by atoms with Gasteiger partial charge in [0.05, 0.1) is 6.26 Å². The second-order valence-corrected chi connectivity index (χ2v) is 7.41. The van der Waals surface area contributed by atoms with Crippen LogP contribution in [0.4, 0.5) is 0 Å². The number of sulfonamides is 1. The summed E-state index contributed by atoms with van der Waals surface area (Å²) in [5.41, 5.74) is 1.87. The van der Waals surface area contributed by atoms with Crippen LogP contribution >= 0.6 is 15.9 Å². The van der Waals surface area contributed by atoms with Crippen LogP contribution in [-0.4, -0.2) is 24.0 Å². The SMILES string of the molecule is CS(=O)(=O)N(Cc1ccncc1)Cc1ccc(Br)cc1. The van der Waals surface area contributed by atoms with Gasteiger partial charge in [-0.1, -0.05) is 28.1 Å². The quantitative estimate of drug-likeness (QED) is 0.829. The van der Waals surface area contributed by atoms with Crippen molar-refractivity contribution in [3.8, 4) is 0 Å². The molecule has 0 saturated carbocycles. The van der Waals surface area contributed by atoms with Crippen molar-refractivity contribution in [3.05, 3.63) is 64.4 Å². The lowest BCUT2D eigenvalue weighted by molar-refractivity contribution is 0.405. The summed E-state index contributed by atoms with van der Waals surface area (Å²) in [7, 11) is -3.27. The minimum absolute atomic E-state index is 0.345. The molecular formula is C14H15BrN2O2S. The van der Waals surface area contributed by atoms with E-state index in [-0.39, 0.29) is 0 Å². The Balaban J connectivity index is 2.19. The molecule has 0 aliphatic rings. The van der Waals surface area contributed by atoms with E-state index >= 15 is 0 Å². The molecule has 0 aliphatic heterocycles. The molecule has 20 heavy (non-hydrogen) atoms. The molecule has 0 bridgehead atoms. The van der Waals surface area contributed by atoms with Crippen molar-refractivity contribution in [2.24, 2.45) is 0 Å². The first-order valence-corrected chi connectivity index (χ1v) is 8.68. The van der Waals surface area contributed by atoms with Crippen LogP contribution < -0.4 is 0 Å². The van der Waals surface area contributed by atoms with E-state index in [4.69, 9.17) is 0 Å². The Hall–Kier alpha value is -1.24. The van der Waals surface area contributed by atoms with Gasteiger partial charge in [0, 0.05) is 30.0 Å². The second-order valence-electron chi connectivity index (χ2n) is 4.51. The molecule has 6 heteroatoms. The molecule has 0 atom stereocenters. The molecule has 0 N–H and O–H groups in total. The molecule has 2 aromatic rings. The molecule has 0 unspecified atom stereocenters. The summed E-state index contributed by atoms with van der Waals surface area (Å²) in [5, 5.41) is 0. The van der Waals surface area contributed by atoms with Gasteiger partial charge in [-0.2, -0.15) is 4.31 Å². The Kier molecular flexibility index (Phi) is 4.91. The molecule has 106 valence electrons. The van der Waals surface area contributed by atoms with Crippen molar-refractivity contribution in [3.63, 3.8) is 0 Å². The fourth-order valence-electron chi connectivity index (χ4n) is 1.78.